The molecule has 0 heterocycles. The molecular weight excluding hydrogens is 501 g/mol. The fourth-order valence-corrected chi connectivity index (χ4v) is 4.73. The van der Waals surface area contributed by atoms with Crippen molar-refractivity contribution in [2.75, 3.05) is 33.0 Å². The minimum Gasteiger partial charge on any atom is -0.489 e. The van der Waals surface area contributed by atoms with Crippen LogP contribution >= 0.6 is 7.82 Å². The number of para-hydroxylation sites is 1. The van der Waals surface area contributed by atoms with E-state index >= 15 is 0 Å². The standard InChI is InChI=1S/C30H48NO6P/c1-7-35-38(33,36-8-2)37-23-12-11-22-31-30(32)28-19-9-10-20-29(28)34-24-21-27(6)18-14-17-26(5)16-13-15-25(3)4/h9-10,15,17,19-21H,7-8,11-14,16,18,22-24H2,1-6H3,(H,31,32). The Labute approximate surface area is 230 Å². The number of carbonyl (C=O) groups excluding carboxylic acids is 1. The maximum Gasteiger partial charge on any atom is 0.474 e. The number of phosphoric ester groups is 1. The van der Waals surface area contributed by atoms with Gasteiger partial charge in [-0.25, -0.2) is 4.57 Å². The van der Waals surface area contributed by atoms with Gasteiger partial charge in [0.2, 0.25) is 0 Å². The summed E-state index contributed by atoms with van der Waals surface area (Å²) in [5, 5.41) is 2.91. The molecule has 0 bridgehead atoms. The summed E-state index contributed by atoms with van der Waals surface area (Å²) in [5.74, 6) is 0.368. The molecule has 0 saturated heterocycles. The Morgan fingerprint density at radius 1 is 0.868 bits per heavy atom. The van der Waals surface area contributed by atoms with E-state index in [1.54, 1.807) is 19.9 Å². The van der Waals surface area contributed by atoms with E-state index in [0.29, 0.717) is 37.3 Å². The van der Waals surface area contributed by atoms with Crippen LogP contribution in [-0.4, -0.2) is 38.9 Å². The number of rotatable bonds is 20. The van der Waals surface area contributed by atoms with Crippen molar-refractivity contribution in [3.05, 3.63) is 64.8 Å². The molecule has 8 heteroatoms. The number of allylic oxidation sites excluding steroid dienone is 5. The molecule has 214 valence electrons. The quantitative estimate of drug-likeness (QED) is 0.100. The first-order chi connectivity index (χ1) is 18.2. The van der Waals surface area contributed by atoms with Crippen molar-refractivity contribution >= 4 is 13.7 Å². The molecule has 0 spiro atoms. The number of hydrogen-bond acceptors (Lipinski definition) is 6. The van der Waals surface area contributed by atoms with E-state index < -0.39 is 7.82 Å². The van der Waals surface area contributed by atoms with E-state index in [9.17, 15) is 9.36 Å². The SMILES string of the molecule is CCOP(=O)(OCC)OCCCCNC(=O)c1ccccc1OCC=C(C)CCC=C(C)CCC=C(C)C. The fraction of sp³-hybridized carbons (Fsp3) is 0.567. The first-order valence-corrected chi connectivity index (χ1v) is 15.1. The highest BCUT2D eigenvalue weighted by molar-refractivity contribution is 7.48. The lowest BCUT2D eigenvalue weighted by Crippen LogP contribution is -2.25. The van der Waals surface area contributed by atoms with Crippen LogP contribution in [0.1, 0.15) is 90.4 Å². The Hall–Kier alpha value is -2.18. The Morgan fingerprint density at radius 2 is 1.50 bits per heavy atom. The van der Waals surface area contributed by atoms with Crippen molar-refractivity contribution in [2.45, 2.75) is 80.1 Å². The van der Waals surface area contributed by atoms with Crippen LogP contribution in [0.25, 0.3) is 0 Å². The third-order valence-corrected chi connectivity index (χ3v) is 7.25. The molecule has 0 aliphatic heterocycles. The van der Waals surface area contributed by atoms with Crippen LogP contribution in [0.2, 0.25) is 0 Å². The van der Waals surface area contributed by atoms with Crippen molar-refractivity contribution in [1.82, 2.24) is 5.32 Å². The van der Waals surface area contributed by atoms with Crippen LogP contribution in [0, 0.1) is 0 Å². The summed E-state index contributed by atoms with van der Waals surface area (Å²) >= 11 is 0. The summed E-state index contributed by atoms with van der Waals surface area (Å²) in [5.41, 5.74) is 4.56. The van der Waals surface area contributed by atoms with E-state index in [4.69, 9.17) is 18.3 Å². The predicted octanol–water partition coefficient (Wildman–Crippen LogP) is 8.19. The number of unbranched alkanes of at least 4 members (excludes halogenated alkanes) is 1. The zero-order valence-electron chi connectivity index (χ0n) is 24.2. The molecule has 1 N–H and O–H groups in total. The summed E-state index contributed by atoms with van der Waals surface area (Å²) in [4.78, 5) is 12.7. The lowest BCUT2D eigenvalue weighted by Gasteiger charge is -2.16. The number of nitrogens with one attached hydrogen (secondary N) is 1. The number of phosphoric acid groups is 1. The highest BCUT2D eigenvalue weighted by Gasteiger charge is 2.24. The topological polar surface area (TPSA) is 83.1 Å². The molecule has 0 saturated carbocycles. The van der Waals surface area contributed by atoms with E-state index in [1.807, 2.05) is 18.2 Å². The van der Waals surface area contributed by atoms with Gasteiger partial charge in [0, 0.05) is 6.54 Å². The number of benzene rings is 1. The zero-order chi connectivity index (χ0) is 28.2. The van der Waals surface area contributed by atoms with Gasteiger partial charge in [0.1, 0.15) is 12.4 Å². The maximum absolute atomic E-state index is 12.7. The molecule has 0 aliphatic carbocycles. The predicted molar refractivity (Wildman–Crippen MR) is 156 cm³/mol. The molecule has 0 radical (unpaired) electrons. The second-order valence-electron chi connectivity index (χ2n) is 9.35. The molecule has 7 nitrogen and oxygen atoms in total. The maximum atomic E-state index is 12.7. The van der Waals surface area contributed by atoms with Gasteiger partial charge in [-0.3, -0.25) is 18.4 Å². The molecule has 38 heavy (non-hydrogen) atoms. The van der Waals surface area contributed by atoms with Gasteiger partial charge in [0.25, 0.3) is 5.91 Å². The normalized spacial score (nSPS) is 12.4. The average molecular weight is 550 g/mol. The van der Waals surface area contributed by atoms with E-state index in [0.717, 1.165) is 25.7 Å². The number of ether oxygens (including phenoxy) is 1. The minimum absolute atomic E-state index is 0.190. The molecule has 0 unspecified atom stereocenters. The van der Waals surface area contributed by atoms with Gasteiger partial charge in [-0.1, -0.05) is 41.0 Å². The van der Waals surface area contributed by atoms with Gasteiger partial charge in [-0.2, -0.15) is 0 Å². The van der Waals surface area contributed by atoms with Crippen molar-refractivity contribution in [1.29, 1.82) is 0 Å². The molecule has 0 aliphatic rings. The van der Waals surface area contributed by atoms with Crippen LogP contribution < -0.4 is 10.1 Å². The second-order valence-corrected chi connectivity index (χ2v) is 11.0. The second kappa shape index (κ2) is 19.8. The van der Waals surface area contributed by atoms with E-state index in [2.05, 4.69) is 51.2 Å². The third kappa shape index (κ3) is 15.3. The van der Waals surface area contributed by atoms with Crippen LogP contribution in [0.3, 0.4) is 0 Å². The summed E-state index contributed by atoms with van der Waals surface area (Å²) in [7, 11) is -3.49. The smallest absolute Gasteiger partial charge is 0.474 e. The molecule has 0 aromatic heterocycles. The van der Waals surface area contributed by atoms with Crippen molar-refractivity contribution < 1.29 is 27.7 Å². The highest BCUT2D eigenvalue weighted by Crippen LogP contribution is 2.49. The lowest BCUT2D eigenvalue weighted by molar-refractivity contribution is 0.0945. The molecule has 0 fully saturated rings. The molecule has 0 atom stereocenters. The Balaban J connectivity index is 2.42. The van der Waals surface area contributed by atoms with Crippen LogP contribution in [0.15, 0.2) is 59.2 Å². The largest absolute Gasteiger partial charge is 0.489 e. The van der Waals surface area contributed by atoms with Gasteiger partial charge >= 0.3 is 7.82 Å². The Morgan fingerprint density at radius 3 is 2.16 bits per heavy atom. The van der Waals surface area contributed by atoms with Crippen molar-refractivity contribution in [2.24, 2.45) is 0 Å². The summed E-state index contributed by atoms with van der Waals surface area (Å²) in [6.07, 6.45) is 12.1. The number of hydrogen-bond donors (Lipinski definition) is 1. The third-order valence-electron chi connectivity index (χ3n) is 5.61. The zero-order valence-corrected chi connectivity index (χ0v) is 25.1. The van der Waals surface area contributed by atoms with Gasteiger partial charge in [-0.05, 0) is 98.3 Å². The molecular formula is C30H48NO6P. The van der Waals surface area contributed by atoms with Gasteiger partial charge in [-0.15, -0.1) is 0 Å². The number of carbonyl (C=O) groups is 1. The fourth-order valence-electron chi connectivity index (χ4n) is 3.52. The summed E-state index contributed by atoms with van der Waals surface area (Å²) in [6.45, 7) is 13.6. The van der Waals surface area contributed by atoms with Crippen LogP contribution in [-0.2, 0) is 18.1 Å². The van der Waals surface area contributed by atoms with Crippen LogP contribution in [0.5, 0.6) is 5.75 Å². The molecule has 1 aromatic carbocycles. The van der Waals surface area contributed by atoms with Gasteiger partial charge < -0.3 is 10.1 Å². The monoisotopic (exact) mass is 549 g/mol. The molecule has 1 amide bonds. The van der Waals surface area contributed by atoms with Gasteiger partial charge in [0.15, 0.2) is 0 Å². The average Bonchev–Trinajstić information content (AvgIpc) is 2.86. The first kappa shape index (κ1) is 33.8. The molecule has 1 rings (SSSR count). The first-order valence-electron chi connectivity index (χ1n) is 13.7. The van der Waals surface area contributed by atoms with Gasteiger partial charge in [0.05, 0.1) is 25.4 Å². The van der Waals surface area contributed by atoms with E-state index in [-0.39, 0.29) is 25.7 Å². The minimum atomic E-state index is -3.49. The van der Waals surface area contributed by atoms with Crippen molar-refractivity contribution in [3.63, 3.8) is 0 Å². The summed E-state index contributed by atoms with van der Waals surface area (Å²) < 4.78 is 33.7. The molecule has 1 aromatic rings. The van der Waals surface area contributed by atoms with Crippen molar-refractivity contribution in [3.8, 4) is 5.75 Å². The van der Waals surface area contributed by atoms with E-state index in [1.165, 1.54) is 16.7 Å². The highest BCUT2D eigenvalue weighted by atomic mass is 31.2. The Kier molecular flexibility index (Phi) is 17.7. The lowest BCUT2D eigenvalue weighted by atomic mass is 10.1. The summed E-state index contributed by atoms with van der Waals surface area (Å²) in [6, 6.07) is 7.25. The Bertz CT molecular complexity index is 955. The van der Waals surface area contributed by atoms with Crippen LogP contribution in [0.4, 0.5) is 0 Å². The number of amides is 1.